The first-order chi connectivity index (χ1) is 13.4. The number of hydrogen-bond donors (Lipinski definition) is 2. The van der Waals surface area contributed by atoms with Crippen LogP contribution in [0.15, 0.2) is 70.6 Å². The quantitative estimate of drug-likeness (QED) is 0.726. The zero-order valence-corrected chi connectivity index (χ0v) is 17.6. The predicted molar refractivity (Wildman–Crippen MR) is 112 cm³/mol. The molecule has 1 unspecified atom stereocenters. The Bertz CT molecular complexity index is 1200. The summed E-state index contributed by atoms with van der Waals surface area (Å²) in [4.78, 5) is 6.14. The van der Waals surface area contributed by atoms with Gasteiger partial charge in [-0.15, -0.1) is 0 Å². The van der Waals surface area contributed by atoms with Crippen LogP contribution in [0.5, 0.6) is 0 Å². The van der Waals surface area contributed by atoms with Crippen molar-refractivity contribution >= 4 is 25.9 Å². The van der Waals surface area contributed by atoms with Crippen molar-refractivity contribution in [1.82, 2.24) is 4.98 Å². The Labute approximate surface area is 170 Å². The molecule has 2 aromatic rings. The second kappa shape index (κ2) is 7.38. The summed E-state index contributed by atoms with van der Waals surface area (Å²) in [6.07, 6.45) is 6.26. The summed E-state index contributed by atoms with van der Waals surface area (Å²) in [6.45, 7) is 0. The van der Waals surface area contributed by atoms with Crippen molar-refractivity contribution in [1.29, 1.82) is 0 Å². The highest BCUT2D eigenvalue weighted by Gasteiger charge is 2.40. The van der Waals surface area contributed by atoms with E-state index in [1.165, 1.54) is 12.1 Å². The van der Waals surface area contributed by atoms with E-state index in [1.807, 2.05) is 19.0 Å². The van der Waals surface area contributed by atoms with Crippen LogP contribution in [0.3, 0.4) is 0 Å². The molecule has 1 atom stereocenters. The highest BCUT2D eigenvalue weighted by atomic mass is 32.2. The number of allylic oxidation sites excluding steroid dienone is 4. The summed E-state index contributed by atoms with van der Waals surface area (Å²) < 4.78 is 48.7. The van der Waals surface area contributed by atoms with Gasteiger partial charge in [0, 0.05) is 32.1 Å². The second-order valence-electron chi connectivity index (χ2n) is 7.03. The molecule has 0 spiro atoms. The molecule has 154 valence electrons. The number of sulfonamides is 2. The zero-order chi connectivity index (χ0) is 21.4. The maximum absolute atomic E-state index is 12.3. The van der Waals surface area contributed by atoms with Gasteiger partial charge in [-0.25, -0.2) is 32.1 Å². The third-order valence-corrected chi connectivity index (χ3v) is 6.86. The van der Waals surface area contributed by atoms with Crippen molar-refractivity contribution < 1.29 is 16.8 Å². The van der Waals surface area contributed by atoms with Crippen LogP contribution < -0.4 is 15.2 Å². The SMILES string of the molecule is CN(C)c1ccc(C2(c3ccccc3S(N)(=O)=O)C=CC=C(S(N)(=O)=O)C2)cn1. The Hall–Kier alpha value is -2.53. The minimum absolute atomic E-state index is 0.0130. The number of hydrogen-bond acceptors (Lipinski definition) is 6. The van der Waals surface area contributed by atoms with E-state index in [-0.39, 0.29) is 16.2 Å². The average molecular weight is 435 g/mol. The molecule has 0 amide bonds. The minimum Gasteiger partial charge on any atom is -0.363 e. The minimum atomic E-state index is -4.07. The van der Waals surface area contributed by atoms with Crippen LogP contribution in [0.1, 0.15) is 17.5 Å². The number of pyridine rings is 1. The average Bonchev–Trinajstić information content (AvgIpc) is 2.67. The van der Waals surface area contributed by atoms with E-state index in [9.17, 15) is 16.8 Å². The number of nitrogens with two attached hydrogens (primary N) is 2. The van der Waals surface area contributed by atoms with Gasteiger partial charge in [-0.05, 0) is 29.3 Å². The van der Waals surface area contributed by atoms with Crippen molar-refractivity contribution in [2.45, 2.75) is 16.7 Å². The van der Waals surface area contributed by atoms with E-state index in [4.69, 9.17) is 10.3 Å². The van der Waals surface area contributed by atoms with Gasteiger partial charge in [-0.3, -0.25) is 0 Å². The maximum atomic E-state index is 12.3. The number of benzene rings is 1. The fourth-order valence-corrected chi connectivity index (χ4v) is 4.97. The summed E-state index contributed by atoms with van der Waals surface area (Å²) in [5.41, 5.74) is -0.158. The molecule has 1 aliphatic rings. The van der Waals surface area contributed by atoms with Crippen LogP contribution in [0.25, 0.3) is 0 Å². The molecule has 0 fully saturated rings. The lowest BCUT2D eigenvalue weighted by Crippen LogP contribution is -2.33. The lowest BCUT2D eigenvalue weighted by molar-refractivity contribution is 0.576. The van der Waals surface area contributed by atoms with Crippen LogP contribution in [-0.2, 0) is 25.5 Å². The molecule has 3 rings (SSSR count). The molecule has 0 bridgehead atoms. The molecule has 1 heterocycles. The Kier molecular flexibility index (Phi) is 5.39. The molecule has 0 radical (unpaired) electrons. The maximum Gasteiger partial charge on any atom is 0.238 e. The monoisotopic (exact) mass is 434 g/mol. The summed E-state index contributed by atoms with van der Waals surface area (Å²) in [6, 6.07) is 9.83. The van der Waals surface area contributed by atoms with Gasteiger partial charge in [-0.1, -0.05) is 36.4 Å². The van der Waals surface area contributed by atoms with Gasteiger partial charge < -0.3 is 4.90 Å². The van der Waals surface area contributed by atoms with Crippen LogP contribution in [-0.4, -0.2) is 35.9 Å². The van der Waals surface area contributed by atoms with E-state index in [1.54, 1.807) is 48.7 Å². The van der Waals surface area contributed by atoms with Gasteiger partial charge in [0.05, 0.1) is 9.80 Å². The fourth-order valence-electron chi connectivity index (χ4n) is 3.44. The first-order valence-corrected chi connectivity index (χ1v) is 11.7. The summed E-state index contributed by atoms with van der Waals surface area (Å²) in [5, 5.41) is 10.8. The number of anilines is 1. The largest absolute Gasteiger partial charge is 0.363 e. The first-order valence-electron chi connectivity index (χ1n) is 8.62. The normalized spacial score (nSPS) is 19.7. The number of rotatable bonds is 5. The second-order valence-corrected chi connectivity index (χ2v) is 10.2. The summed E-state index contributed by atoms with van der Waals surface area (Å²) in [5.74, 6) is 0.700. The van der Waals surface area contributed by atoms with Gasteiger partial charge >= 0.3 is 0 Å². The topological polar surface area (TPSA) is 136 Å². The molecular weight excluding hydrogens is 412 g/mol. The first kappa shape index (κ1) is 21.2. The molecule has 10 heteroatoms. The Balaban J connectivity index is 2.31. The lowest BCUT2D eigenvalue weighted by atomic mass is 9.70. The van der Waals surface area contributed by atoms with Crippen molar-refractivity contribution in [3.63, 3.8) is 0 Å². The molecule has 1 aromatic carbocycles. The molecule has 4 N–H and O–H groups in total. The molecule has 0 aliphatic heterocycles. The molecule has 29 heavy (non-hydrogen) atoms. The predicted octanol–water partition coefficient (Wildman–Crippen LogP) is 1.21. The molecule has 1 aliphatic carbocycles. The Morgan fingerprint density at radius 2 is 1.69 bits per heavy atom. The standard InChI is InChI=1S/C19H22N4O4S2/c1-23(2)18-10-9-14(13-22-18)19(11-5-6-15(12-19)28(20,24)25)16-7-3-4-8-17(16)29(21,26)27/h3-11,13H,12H2,1-2H3,(H2,20,24,25)(H2,21,26,27). The van der Waals surface area contributed by atoms with Crippen molar-refractivity contribution in [3.05, 3.63) is 76.9 Å². The van der Waals surface area contributed by atoms with E-state index in [2.05, 4.69) is 4.98 Å². The van der Waals surface area contributed by atoms with E-state index in [0.717, 1.165) is 0 Å². The van der Waals surface area contributed by atoms with Gasteiger partial charge in [0.15, 0.2) is 0 Å². The van der Waals surface area contributed by atoms with Crippen LogP contribution in [0.4, 0.5) is 5.82 Å². The van der Waals surface area contributed by atoms with E-state index >= 15 is 0 Å². The molecule has 0 saturated carbocycles. The number of primary sulfonamides is 2. The molecule has 1 aromatic heterocycles. The number of aromatic nitrogens is 1. The van der Waals surface area contributed by atoms with Crippen molar-refractivity contribution in [2.24, 2.45) is 10.3 Å². The van der Waals surface area contributed by atoms with Gasteiger partial charge in [-0.2, -0.15) is 0 Å². The van der Waals surface area contributed by atoms with Gasteiger partial charge in [0.1, 0.15) is 5.82 Å². The number of nitrogens with zero attached hydrogens (tertiary/aromatic N) is 2. The highest BCUT2D eigenvalue weighted by molar-refractivity contribution is 7.93. The summed E-state index contributed by atoms with van der Waals surface area (Å²) in [7, 11) is -4.36. The van der Waals surface area contributed by atoms with Gasteiger partial charge in [0.2, 0.25) is 20.0 Å². The fraction of sp³-hybridized carbons (Fsp3) is 0.211. The highest BCUT2D eigenvalue weighted by Crippen LogP contribution is 2.44. The van der Waals surface area contributed by atoms with E-state index < -0.39 is 25.5 Å². The zero-order valence-electron chi connectivity index (χ0n) is 16.0. The van der Waals surface area contributed by atoms with Gasteiger partial charge in [0.25, 0.3) is 0 Å². The van der Waals surface area contributed by atoms with Crippen LogP contribution in [0.2, 0.25) is 0 Å². The smallest absolute Gasteiger partial charge is 0.238 e. The molecule has 8 nitrogen and oxygen atoms in total. The van der Waals surface area contributed by atoms with Crippen LogP contribution >= 0.6 is 0 Å². The third-order valence-electron chi connectivity index (χ3n) is 4.88. The van der Waals surface area contributed by atoms with Crippen LogP contribution in [0, 0.1) is 0 Å². The van der Waals surface area contributed by atoms with Crippen molar-refractivity contribution in [3.8, 4) is 0 Å². The summed E-state index contributed by atoms with van der Waals surface area (Å²) >= 11 is 0. The lowest BCUT2D eigenvalue weighted by Gasteiger charge is -2.35. The Morgan fingerprint density at radius 3 is 2.24 bits per heavy atom. The van der Waals surface area contributed by atoms with Crippen molar-refractivity contribution in [2.75, 3.05) is 19.0 Å². The molecule has 0 saturated heterocycles. The Morgan fingerprint density at radius 1 is 1.00 bits per heavy atom. The van der Waals surface area contributed by atoms with E-state index in [0.29, 0.717) is 16.9 Å². The third kappa shape index (κ3) is 4.10. The molecular formula is C19H22N4O4S2.